The molecule has 0 spiro atoms. The molecule has 3 heteroatoms. The summed E-state index contributed by atoms with van der Waals surface area (Å²) in [5, 5.41) is 4.00. The van der Waals surface area contributed by atoms with Crippen LogP contribution in [0.2, 0.25) is 5.02 Å². The zero-order valence-electron chi connectivity index (χ0n) is 11.3. The van der Waals surface area contributed by atoms with Crippen molar-refractivity contribution in [2.24, 2.45) is 0 Å². The molecule has 0 heterocycles. The van der Waals surface area contributed by atoms with E-state index < -0.39 is 0 Å². The lowest BCUT2D eigenvalue weighted by Gasteiger charge is -2.20. The minimum atomic E-state index is -0.175. The van der Waals surface area contributed by atoms with Gasteiger partial charge in [0.2, 0.25) is 0 Å². The summed E-state index contributed by atoms with van der Waals surface area (Å²) in [5.41, 5.74) is 3.97. The van der Waals surface area contributed by atoms with Crippen LogP contribution in [0.4, 0.5) is 4.39 Å². The molecule has 1 atom stereocenters. The second-order valence-electron chi connectivity index (χ2n) is 4.73. The molecular weight excluding hydrogens is 261 g/mol. The van der Waals surface area contributed by atoms with Crippen molar-refractivity contribution in [3.8, 4) is 0 Å². The molecule has 0 aromatic heterocycles. The van der Waals surface area contributed by atoms with Crippen LogP contribution in [0.15, 0.2) is 36.4 Å². The second-order valence-corrected chi connectivity index (χ2v) is 5.17. The van der Waals surface area contributed by atoms with Gasteiger partial charge >= 0.3 is 0 Å². The molecule has 0 amide bonds. The highest BCUT2D eigenvalue weighted by Crippen LogP contribution is 2.27. The first-order chi connectivity index (χ1) is 9.02. The lowest BCUT2D eigenvalue weighted by atomic mass is 9.94. The lowest BCUT2D eigenvalue weighted by Crippen LogP contribution is -2.18. The average Bonchev–Trinajstić information content (AvgIpc) is 2.37. The standard InChI is InChI=1S/C16H17ClFN/c1-10-9-13(17)5-6-14(10)16(19-3)12-4-7-15(18)11(2)8-12/h4-9,16,19H,1-3H3. The van der Waals surface area contributed by atoms with Gasteiger partial charge in [-0.3, -0.25) is 0 Å². The third-order valence-corrected chi connectivity index (χ3v) is 3.58. The van der Waals surface area contributed by atoms with Gasteiger partial charge in [-0.15, -0.1) is 0 Å². The Morgan fingerprint density at radius 1 is 1.05 bits per heavy atom. The van der Waals surface area contributed by atoms with Crippen molar-refractivity contribution >= 4 is 11.6 Å². The van der Waals surface area contributed by atoms with Crippen LogP contribution < -0.4 is 5.32 Å². The first kappa shape index (κ1) is 14.0. The number of hydrogen-bond donors (Lipinski definition) is 1. The predicted molar refractivity (Wildman–Crippen MR) is 78.2 cm³/mol. The van der Waals surface area contributed by atoms with Crippen LogP contribution in [0.5, 0.6) is 0 Å². The van der Waals surface area contributed by atoms with Crippen molar-refractivity contribution in [1.29, 1.82) is 0 Å². The predicted octanol–water partition coefficient (Wildman–Crippen LogP) is 4.40. The van der Waals surface area contributed by atoms with Gasteiger partial charge in [-0.1, -0.05) is 29.8 Å². The van der Waals surface area contributed by atoms with Crippen LogP contribution in [-0.2, 0) is 0 Å². The Morgan fingerprint density at radius 2 is 1.79 bits per heavy atom. The Kier molecular flexibility index (Phi) is 4.23. The summed E-state index contributed by atoms with van der Waals surface area (Å²) >= 11 is 5.99. The van der Waals surface area contributed by atoms with E-state index in [1.54, 1.807) is 6.92 Å². The number of benzene rings is 2. The SMILES string of the molecule is CNC(c1ccc(F)c(C)c1)c1ccc(Cl)cc1C. The highest BCUT2D eigenvalue weighted by Gasteiger charge is 2.15. The Balaban J connectivity index is 2.46. The zero-order valence-corrected chi connectivity index (χ0v) is 12.1. The molecule has 1 unspecified atom stereocenters. The molecule has 0 bridgehead atoms. The van der Waals surface area contributed by atoms with Crippen molar-refractivity contribution in [2.45, 2.75) is 19.9 Å². The molecule has 0 saturated heterocycles. The number of nitrogens with one attached hydrogen (secondary N) is 1. The van der Waals surface area contributed by atoms with Gasteiger partial charge < -0.3 is 5.32 Å². The summed E-state index contributed by atoms with van der Waals surface area (Å²) in [6, 6.07) is 11.1. The van der Waals surface area contributed by atoms with Crippen LogP contribution >= 0.6 is 11.6 Å². The van der Waals surface area contributed by atoms with Crippen LogP contribution in [0.1, 0.15) is 28.3 Å². The Labute approximate surface area is 118 Å². The second kappa shape index (κ2) is 5.72. The molecule has 0 saturated carbocycles. The van der Waals surface area contributed by atoms with Crippen LogP contribution in [-0.4, -0.2) is 7.05 Å². The van der Waals surface area contributed by atoms with Gasteiger partial charge in [-0.25, -0.2) is 4.39 Å². The topological polar surface area (TPSA) is 12.0 Å². The largest absolute Gasteiger partial charge is 0.309 e. The van der Waals surface area contributed by atoms with Gasteiger partial charge in [-0.2, -0.15) is 0 Å². The monoisotopic (exact) mass is 277 g/mol. The Hall–Kier alpha value is -1.38. The van der Waals surface area contributed by atoms with Crippen LogP contribution in [0.3, 0.4) is 0 Å². The van der Waals surface area contributed by atoms with E-state index in [-0.39, 0.29) is 11.9 Å². The smallest absolute Gasteiger partial charge is 0.126 e. The summed E-state index contributed by atoms with van der Waals surface area (Å²) < 4.78 is 13.4. The molecule has 1 N–H and O–H groups in total. The van der Waals surface area contributed by atoms with E-state index in [0.717, 1.165) is 21.7 Å². The zero-order chi connectivity index (χ0) is 14.0. The maximum absolute atomic E-state index is 13.4. The average molecular weight is 278 g/mol. The number of halogens is 2. The van der Waals surface area contributed by atoms with E-state index in [9.17, 15) is 4.39 Å². The van der Waals surface area contributed by atoms with E-state index in [1.165, 1.54) is 6.07 Å². The molecule has 0 fully saturated rings. The molecular formula is C16H17ClFN. The molecule has 19 heavy (non-hydrogen) atoms. The van der Waals surface area contributed by atoms with Crippen LogP contribution in [0.25, 0.3) is 0 Å². The minimum Gasteiger partial charge on any atom is -0.309 e. The molecule has 0 aliphatic heterocycles. The minimum absolute atomic E-state index is 0.0385. The third-order valence-electron chi connectivity index (χ3n) is 3.35. The van der Waals surface area contributed by atoms with Crippen molar-refractivity contribution in [3.63, 3.8) is 0 Å². The van der Waals surface area contributed by atoms with Crippen molar-refractivity contribution in [3.05, 3.63) is 69.5 Å². The molecule has 1 nitrogen and oxygen atoms in total. The summed E-state index contributed by atoms with van der Waals surface area (Å²) in [4.78, 5) is 0. The fourth-order valence-corrected chi connectivity index (χ4v) is 2.54. The van der Waals surface area contributed by atoms with Gasteiger partial charge in [0, 0.05) is 5.02 Å². The van der Waals surface area contributed by atoms with E-state index >= 15 is 0 Å². The van der Waals surface area contributed by atoms with Crippen molar-refractivity contribution < 1.29 is 4.39 Å². The first-order valence-corrected chi connectivity index (χ1v) is 6.60. The highest BCUT2D eigenvalue weighted by molar-refractivity contribution is 6.30. The normalized spacial score (nSPS) is 12.5. The number of rotatable bonds is 3. The van der Waals surface area contributed by atoms with Gasteiger partial charge in [-0.05, 0) is 61.3 Å². The number of hydrogen-bond acceptors (Lipinski definition) is 1. The van der Waals surface area contributed by atoms with E-state index in [0.29, 0.717) is 5.56 Å². The molecule has 100 valence electrons. The Bertz CT molecular complexity index is 595. The van der Waals surface area contributed by atoms with Crippen LogP contribution in [0, 0.1) is 19.7 Å². The van der Waals surface area contributed by atoms with E-state index in [2.05, 4.69) is 5.32 Å². The van der Waals surface area contributed by atoms with Gasteiger partial charge in [0.1, 0.15) is 5.82 Å². The first-order valence-electron chi connectivity index (χ1n) is 6.22. The Morgan fingerprint density at radius 3 is 2.37 bits per heavy atom. The van der Waals surface area contributed by atoms with Crippen molar-refractivity contribution in [1.82, 2.24) is 5.32 Å². The summed E-state index contributed by atoms with van der Waals surface area (Å²) in [7, 11) is 1.90. The highest BCUT2D eigenvalue weighted by atomic mass is 35.5. The number of aryl methyl sites for hydroxylation is 2. The van der Waals surface area contributed by atoms with Gasteiger partial charge in [0.15, 0.2) is 0 Å². The molecule has 2 rings (SSSR count). The van der Waals surface area contributed by atoms with Crippen molar-refractivity contribution in [2.75, 3.05) is 7.05 Å². The molecule has 0 radical (unpaired) electrons. The fraction of sp³-hybridized carbons (Fsp3) is 0.250. The quantitative estimate of drug-likeness (QED) is 0.876. The summed E-state index contributed by atoms with van der Waals surface area (Å²) in [5.74, 6) is -0.175. The molecule has 2 aromatic rings. The molecule has 2 aromatic carbocycles. The van der Waals surface area contributed by atoms with E-state index in [4.69, 9.17) is 11.6 Å². The summed E-state index contributed by atoms with van der Waals surface area (Å²) in [6.45, 7) is 3.81. The molecule has 0 aliphatic rings. The fourth-order valence-electron chi connectivity index (χ4n) is 2.31. The maximum Gasteiger partial charge on any atom is 0.126 e. The third kappa shape index (κ3) is 2.96. The maximum atomic E-state index is 13.4. The molecule has 0 aliphatic carbocycles. The van der Waals surface area contributed by atoms with Gasteiger partial charge in [0.25, 0.3) is 0 Å². The summed E-state index contributed by atoms with van der Waals surface area (Å²) in [6.07, 6.45) is 0. The van der Waals surface area contributed by atoms with Gasteiger partial charge in [0.05, 0.1) is 6.04 Å². The lowest BCUT2D eigenvalue weighted by molar-refractivity contribution is 0.613. The van der Waals surface area contributed by atoms with E-state index in [1.807, 2.05) is 44.3 Å².